The first-order valence-corrected chi connectivity index (χ1v) is 8.27. The van der Waals surface area contributed by atoms with E-state index < -0.39 is 0 Å². The first-order valence-electron chi connectivity index (χ1n) is 8.27. The minimum atomic E-state index is 0.586. The molecule has 2 nitrogen and oxygen atoms in total. The molecule has 1 saturated heterocycles. The standard InChI is InChI=1S/C18H30N2/c1-4-18(5-2)20-14-17(19-12-11-15(20)3)13-16-9-7-6-8-10-16/h6-10,15,17-19H,4-5,11-14H2,1-3H3. The summed E-state index contributed by atoms with van der Waals surface area (Å²) in [6.07, 6.45) is 4.93. The van der Waals surface area contributed by atoms with E-state index in [0.717, 1.165) is 19.0 Å². The van der Waals surface area contributed by atoms with Crippen LogP contribution in [0.4, 0.5) is 0 Å². The van der Waals surface area contributed by atoms with Gasteiger partial charge in [-0.15, -0.1) is 0 Å². The van der Waals surface area contributed by atoms with Crippen molar-refractivity contribution < 1.29 is 0 Å². The van der Waals surface area contributed by atoms with E-state index in [0.29, 0.717) is 12.1 Å². The summed E-state index contributed by atoms with van der Waals surface area (Å²) in [4.78, 5) is 2.74. The molecular weight excluding hydrogens is 244 g/mol. The molecule has 2 atom stereocenters. The highest BCUT2D eigenvalue weighted by Crippen LogP contribution is 2.19. The van der Waals surface area contributed by atoms with Crippen molar-refractivity contribution >= 4 is 0 Å². The summed E-state index contributed by atoms with van der Waals surface area (Å²) in [5, 5.41) is 3.75. The lowest BCUT2D eigenvalue weighted by atomic mass is 10.0. The fourth-order valence-corrected chi connectivity index (χ4v) is 3.46. The lowest BCUT2D eigenvalue weighted by molar-refractivity contribution is 0.132. The average Bonchev–Trinajstić information content (AvgIpc) is 2.64. The first-order chi connectivity index (χ1) is 9.74. The van der Waals surface area contributed by atoms with Crippen LogP contribution in [0.1, 0.15) is 45.6 Å². The van der Waals surface area contributed by atoms with Crippen LogP contribution in [0.3, 0.4) is 0 Å². The van der Waals surface area contributed by atoms with Gasteiger partial charge in [0.25, 0.3) is 0 Å². The molecule has 2 unspecified atom stereocenters. The van der Waals surface area contributed by atoms with Crippen molar-refractivity contribution in [1.29, 1.82) is 0 Å². The molecule has 0 saturated carbocycles. The summed E-state index contributed by atoms with van der Waals surface area (Å²) in [5.41, 5.74) is 1.45. The molecule has 112 valence electrons. The quantitative estimate of drug-likeness (QED) is 0.884. The third-order valence-corrected chi connectivity index (χ3v) is 4.73. The second-order valence-corrected chi connectivity index (χ2v) is 6.15. The molecular formula is C18H30N2. The summed E-state index contributed by atoms with van der Waals surface area (Å²) in [6, 6.07) is 12.9. The Morgan fingerprint density at radius 2 is 1.90 bits per heavy atom. The Hall–Kier alpha value is -0.860. The molecule has 0 bridgehead atoms. The van der Waals surface area contributed by atoms with E-state index in [4.69, 9.17) is 0 Å². The molecule has 0 aliphatic carbocycles. The maximum atomic E-state index is 3.75. The zero-order chi connectivity index (χ0) is 14.4. The summed E-state index contributed by atoms with van der Waals surface area (Å²) in [5.74, 6) is 0. The van der Waals surface area contributed by atoms with Crippen molar-refractivity contribution in [3.8, 4) is 0 Å². The predicted molar refractivity (Wildman–Crippen MR) is 87.1 cm³/mol. The molecule has 2 heteroatoms. The zero-order valence-electron chi connectivity index (χ0n) is 13.3. The van der Waals surface area contributed by atoms with Crippen molar-refractivity contribution in [3.05, 3.63) is 35.9 Å². The summed E-state index contributed by atoms with van der Waals surface area (Å²) in [6.45, 7) is 9.37. The van der Waals surface area contributed by atoms with E-state index in [1.54, 1.807) is 0 Å². The van der Waals surface area contributed by atoms with Crippen LogP contribution in [0.25, 0.3) is 0 Å². The van der Waals surface area contributed by atoms with Crippen LogP contribution < -0.4 is 5.32 Å². The number of hydrogen-bond acceptors (Lipinski definition) is 2. The van der Waals surface area contributed by atoms with Crippen LogP contribution in [0.5, 0.6) is 0 Å². The SMILES string of the molecule is CCC(CC)N1CC(Cc2ccccc2)NCCC1C. The number of nitrogens with zero attached hydrogens (tertiary/aromatic N) is 1. The highest BCUT2D eigenvalue weighted by atomic mass is 15.2. The molecule has 0 amide bonds. The van der Waals surface area contributed by atoms with Gasteiger partial charge in [0.2, 0.25) is 0 Å². The number of rotatable bonds is 5. The van der Waals surface area contributed by atoms with Crippen LogP contribution in [0.15, 0.2) is 30.3 Å². The van der Waals surface area contributed by atoms with Crippen molar-refractivity contribution in [2.45, 2.75) is 64.6 Å². The van der Waals surface area contributed by atoms with Crippen LogP contribution in [-0.2, 0) is 6.42 Å². The summed E-state index contributed by atoms with van der Waals surface area (Å²) >= 11 is 0. The fraction of sp³-hybridized carbons (Fsp3) is 0.667. The van der Waals surface area contributed by atoms with Crippen LogP contribution in [-0.4, -0.2) is 36.1 Å². The van der Waals surface area contributed by atoms with E-state index in [-0.39, 0.29) is 0 Å². The van der Waals surface area contributed by atoms with Crippen LogP contribution in [0.2, 0.25) is 0 Å². The van der Waals surface area contributed by atoms with Gasteiger partial charge >= 0.3 is 0 Å². The Labute approximate surface area is 124 Å². The minimum Gasteiger partial charge on any atom is -0.312 e. The maximum absolute atomic E-state index is 3.75. The van der Waals surface area contributed by atoms with E-state index in [1.807, 2.05) is 0 Å². The van der Waals surface area contributed by atoms with Gasteiger partial charge in [0.15, 0.2) is 0 Å². The Morgan fingerprint density at radius 1 is 1.20 bits per heavy atom. The van der Waals surface area contributed by atoms with Gasteiger partial charge in [0.05, 0.1) is 0 Å². The van der Waals surface area contributed by atoms with Crippen molar-refractivity contribution in [3.63, 3.8) is 0 Å². The number of benzene rings is 1. The molecule has 1 aliphatic heterocycles. The van der Waals surface area contributed by atoms with Crippen LogP contribution >= 0.6 is 0 Å². The lowest BCUT2D eigenvalue weighted by Gasteiger charge is -2.35. The largest absolute Gasteiger partial charge is 0.312 e. The molecule has 2 rings (SSSR count). The van der Waals surface area contributed by atoms with Crippen molar-refractivity contribution in [2.24, 2.45) is 0 Å². The highest BCUT2D eigenvalue weighted by molar-refractivity contribution is 5.16. The Bertz CT molecular complexity index is 372. The van der Waals surface area contributed by atoms with Gasteiger partial charge < -0.3 is 5.32 Å². The van der Waals surface area contributed by atoms with Gasteiger partial charge in [-0.1, -0.05) is 44.2 Å². The predicted octanol–water partition coefficient (Wildman–Crippen LogP) is 3.47. The van der Waals surface area contributed by atoms with Crippen molar-refractivity contribution in [2.75, 3.05) is 13.1 Å². The number of nitrogens with one attached hydrogen (secondary N) is 1. The fourth-order valence-electron chi connectivity index (χ4n) is 3.46. The van der Waals surface area contributed by atoms with Gasteiger partial charge in [-0.3, -0.25) is 4.90 Å². The second kappa shape index (κ2) is 7.80. The van der Waals surface area contributed by atoms with E-state index in [1.165, 1.54) is 31.4 Å². The normalized spacial score (nSPS) is 24.8. The lowest BCUT2D eigenvalue weighted by Crippen LogP contribution is -2.46. The Morgan fingerprint density at radius 3 is 2.55 bits per heavy atom. The van der Waals surface area contributed by atoms with E-state index in [9.17, 15) is 0 Å². The first kappa shape index (κ1) is 15.5. The smallest absolute Gasteiger partial charge is 0.0235 e. The second-order valence-electron chi connectivity index (χ2n) is 6.15. The maximum Gasteiger partial charge on any atom is 0.0235 e. The Kier molecular flexibility index (Phi) is 6.06. The summed E-state index contributed by atoms with van der Waals surface area (Å²) < 4.78 is 0. The van der Waals surface area contributed by atoms with Crippen molar-refractivity contribution in [1.82, 2.24) is 10.2 Å². The monoisotopic (exact) mass is 274 g/mol. The van der Waals surface area contributed by atoms with Gasteiger partial charge in [-0.2, -0.15) is 0 Å². The van der Waals surface area contributed by atoms with Gasteiger partial charge in [0, 0.05) is 24.7 Å². The highest BCUT2D eigenvalue weighted by Gasteiger charge is 2.26. The molecule has 20 heavy (non-hydrogen) atoms. The van der Waals surface area contributed by atoms with E-state index in [2.05, 4.69) is 61.3 Å². The number of hydrogen-bond donors (Lipinski definition) is 1. The van der Waals surface area contributed by atoms with Gasteiger partial charge in [-0.25, -0.2) is 0 Å². The topological polar surface area (TPSA) is 15.3 Å². The Balaban J connectivity index is 2.03. The molecule has 1 N–H and O–H groups in total. The molecule has 0 aromatic heterocycles. The molecule has 1 heterocycles. The third kappa shape index (κ3) is 4.07. The summed E-state index contributed by atoms with van der Waals surface area (Å²) in [7, 11) is 0. The average molecular weight is 274 g/mol. The molecule has 1 fully saturated rings. The van der Waals surface area contributed by atoms with Gasteiger partial charge in [-0.05, 0) is 44.7 Å². The molecule has 0 spiro atoms. The third-order valence-electron chi connectivity index (χ3n) is 4.73. The molecule has 0 radical (unpaired) electrons. The van der Waals surface area contributed by atoms with Crippen LogP contribution in [0, 0.1) is 0 Å². The molecule has 1 aromatic rings. The minimum absolute atomic E-state index is 0.586. The van der Waals surface area contributed by atoms with E-state index >= 15 is 0 Å². The molecule has 1 aromatic carbocycles. The zero-order valence-corrected chi connectivity index (χ0v) is 13.3. The molecule has 1 aliphatic rings. The van der Waals surface area contributed by atoms with Gasteiger partial charge in [0.1, 0.15) is 0 Å².